The minimum atomic E-state index is 0.506. The largest absolute Gasteiger partial charge is 0.312 e. The molecule has 0 aliphatic heterocycles. The summed E-state index contributed by atoms with van der Waals surface area (Å²) < 4.78 is 1.94. The zero-order chi connectivity index (χ0) is 13.2. The van der Waals surface area contributed by atoms with Gasteiger partial charge in [-0.05, 0) is 30.6 Å². The second-order valence-electron chi connectivity index (χ2n) is 6.18. The van der Waals surface area contributed by atoms with E-state index in [2.05, 4.69) is 37.4 Å². The van der Waals surface area contributed by atoms with Crippen LogP contribution in [0.15, 0.2) is 6.20 Å². The van der Waals surface area contributed by atoms with Gasteiger partial charge in [0, 0.05) is 31.9 Å². The number of aromatic nitrogens is 2. The zero-order valence-electron chi connectivity index (χ0n) is 12.3. The summed E-state index contributed by atoms with van der Waals surface area (Å²) >= 11 is 0. The molecule has 1 aliphatic rings. The van der Waals surface area contributed by atoms with Crippen LogP contribution in [0.5, 0.6) is 0 Å². The maximum absolute atomic E-state index is 4.56. The molecule has 1 heterocycles. The number of rotatable bonds is 6. The molecule has 0 aromatic carbocycles. The van der Waals surface area contributed by atoms with E-state index < -0.39 is 0 Å². The highest BCUT2D eigenvalue weighted by atomic mass is 15.3. The first kappa shape index (κ1) is 13.6. The summed E-state index contributed by atoms with van der Waals surface area (Å²) in [7, 11) is 2.01. The van der Waals surface area contributed by atoms with Gasteiger partial charge in [0.15, 0.2) is 0 Å². The monoisotopic (exact) mass is 249 g/mol. The van der Waals surface area contributed by atoms with Crippen molar-refractivity contribution in [2.24, 2.45) is 12.5 Å². The Kier molecular flexibility index (Phi) is 4.10. The summed E-state index contributed by atoms with van der Waals surface area (Å²) in [5.74, 6) is 0.506. The van der Waals surface area contributed by atoms with Gasteiger partial charge in [-0.3, -0.25) is 4.68 Å². The fourth-order valence-corrected chi connectivity index (χ4v) is 2.97. The Bertz CT molecular complexity index is 383. The fourth-order valence-electron chi connectivity index (χ4n) is 2.97. The van der Waals surface area contributed by atoms with Crippen LogP contribution in [-0.2, 0) is 13.6 Å². The molecule has 0 radical (unpaired) electrons. The lowest BCUT2D eigenvalue weighted by Crippen LogP contribution is -2.39. The molecular weight excluding hydrogens is 222 g/mol. The highest BCUT2D eigenvalue weighted by Gasteiger charge is 2.34. The first-order chi connectivity index (χ1) is 8.56. The Morgan fingerprint density at radius 2 is 2.17 bits per heavy atom. The zero-order valence-corrected chi connectivity index (χ0v) is 12.3. The van der Waals surface area contributed by atoms with Crippen molar-refractivity contribution in [3.63, 3.8) is 0 Å². The predicted molar refractivity (Wildman–Crippen MR) is 75.6 cm³/mol. The van der Waals surface area contributed by atoms with Crippen LogP contribution in [0.4, 0.5) is 0 Å². The van der Waals surface area contributed by atoms with Crippen LogP contribution in [0.2, 0.25) is 0 Å². The summed E-state index contributed by atoms with van der Waals surface area (Å²) in [6.45, 7) is 8.88. The number of hydrogen-bond donors (Lipinski definition) is 1. The minimum absolute atomic E-state index is 0.506. The van der Waals surface area contributed by atoms with Crippen molar-refractivity contribution in [2.75, 3.05) is 6.54 Å². The van der Waals surface area contributed by atoms with Gasteiger partial charge in [-0.15, -0.1) is 0 Å². The van der Waals surface area contributed by atoms with Gasteiger partial charge < -0.3 is 5.32 Å². The van der Waals surface area contributed by atoms with Crippen LogP contribution in [0.3, 0.4) is 0 Å². The molecule has 0 amide bonds. The predicted octanol–water partition coefficient (Wildman–Crippen LogP) is 3.21. The third kappa shape index (κ3) is 2.77. The molecule has 1 aromatic heterocycles. The maximum Gasteiger partial charge on any atom is 0.0694 e. The Labute approximate surface area is 111 Å². The van der Waals surface area contributed by atoms with Gasteiger partial charge in [0.1, 0.15) is 0 Å². The summed E-state index contributed by atoms with van der Waals surface area (Å²) in [6, 6.07) is 0. The van der Waals surface area contributed by atoms with Crippen LogP contribution in [0, 0.1) is 5.41 Å². The van der Waals surface area contributed by atoms with E-state index in [4.69, 9.17) is 0 Å². The molecule has 0 unspecified atom stereocenters. The maximum atomic E-state index is 4.56. The Hall–Kier alpha value is -0.830. The molecule has 3 heteroatoms. The summed E-state index contributed by atoms with van der Waals surface area (Å²) in [4.78, 5) is 0. The number of nitrogens with one attached hydrogen (secondary N) is 1. The van der Waals surface area contributed by atoms with Crippen molar-refractivity contribution in [1.29, 1.82) is 0 Å². The van der Waals surface area contributed by atoms with Crippen LogP contribution >= 0.6 is 0 Å². The topological polar surface area (TPSA) is 29.9 Å². The van der Waals surface area contributed by atoms with Crippen LogP contribution in [0.25, 0.3) is 0 Å². The van der Waals surface area contributed by atoms with Crippen molar-refractivity contribution < 1.29 is 0 Å². The lowest BCUT2D eigenvalue weighted by Gasteiger charge is -2.41. The Morgan fingerprint density at radius 3 is 2.67 bits per heavy atom. The summed E-state index contributed by atoms with van der Waals surface area (Å²) in [5.41, 5.74) is 3.20. The molecule has 1 N–H and O–H groups in total. The second kappa shape index (κ2) is 5.43. The molecule has 0 spiro atoms. The standard InChI is InChI=1S/C15H27N3/c1-5-15(7-6-8-15)11-16-9-13-10-18(4)17-14(13)12(2)3/h10,12,16H,5-9,11H2,1-4H3. The van der Waals surface area contributed by atoms with E-state index >= 15 is 0 Å². The van der Waals surface area contributed by atoms with E-state index in [0.29, 0.717) is 11.3 Å². The van der Waals surface area contributed by atoms with Gasteiger partial charge in [-0.1, -0.05) is 27.2 Å². The van der Waals surface area contributed by atoms with Crippen molar-refractivity contribution in [1.82, 2.24) is 15.1 Å². The van der Waals surface area contributed by atoms with Gasteiger partial charge in [0.05, 0.1) is 5.69 Å². The van der Waals surface area contributed by atoms with E-state index in [0.717, 1.165) is 13.1 Å². The van der Waals surface area contributed by atoms with Gasteiger partial charge in [-0.2, -0.15) is 5.10 Å². The lowest BCUT2D eigenvalue weighted by atomic mass is 9.67. The van der Waals surface area contributed by atoms with Crippen LogP contribution in [0.1, 0.15) is 63.6 Å². The molecule has 0 saturated heterocycles. The second-order valence-corrected chi connectivity index (χ2v) is 6.18. The average Bonchev–Trinajstić information content (AvgIpc) is 2.64. The normalized spacial score (nSPS) is 18.1. The molecule has 1 saturated carbocycles. The molecule has 3 nitrogen and oxygen atoms in total. The molecule has 0 atom stereocenters. The van der Waals surface area contributed by atoms with Crippen LogP contribution in [-0.4, -0.2) is 16.3 Å². The Morgan fingerprint density at radius 1 is 1.44 bits per heavy atom. The Balaban J connectivity index is 1.90. The summed E-state index contributed by atoms with van der Waals surface area (Å²) in [5, 5.41) is 8.21. The van der Waals surface area contributed by atoms with Gasteiger partial charge in [0.2, 0.25) is 0 Å². The number of aryl methyl sites for hydroxylation is 1. The first-order valence-corrected chi connectivity index (χ1v) is 7.29. The molecule has 1 aromatic rings. The highest BCUT2D eigenvalue weighted by Crippen LogP contribution is 2.43. The third-order valence-corrected chi connectivity index (χ3v) is 4.46. The van der Waals surface area contributed by atoms with Crippen molar-refractivity contribution in [2.45, 2.75) is 58.9 Å². The van der Waals surface area contributed by atoms with Crippen molar-refractivity contribution in [3.8, 4) is 0 Å². The highest BCUT2D eigenvalue weighted by molar-refractivity contribution is 5.20. The van der Waals surface area contributed by atoms with E-state index in [9.17, 15) is 0 Å². The first-order valence-electron chi connectivity index (χ1n) is 7.29. The van der Waals surface area contributed by atoms with Gasteiger partial charge in [0.25, 0.3) is 0 Å². The van der Waals surface area contributed by atoms with E-state index in [1.807, 2.05) is 11.7 Å². The molecular formula is C15H27N3. The minimum Gasteiger partial charge on any atom is -0.312 e. The van der Waals surface area contributed by atoms with Gasteiger partial charge >= 0.3 is 0 Å². The molecule has 0 bridgehead atoms. The smallest absolute Gasteiger partial charge is 0.0694 e. The van der Waals surface area contributed by atoms with Gasteiger partial charge in [-0.25, -0.2) is 0 Å². The quantitative estimate of drug-likeness (QED) is 0.839. The van der Waals surface area contributed by atoms with Crippen molar-refractivity contribution >= 4 is 0 Å². The molecule has 1 fully saturated rings. The SMILES string of the molecule is CCC1(CNCc2cn(C)nc2C(C)C)CCC1. The van der Waals surface area contributed by atoms with Crippen molar-refractivity contribution in [3.05, 3.63) is 17.5 Å². The number of hydrogen-bond acceptors (Lipinski definition) is 2. The average molecular weight is 249 g/mol. The van der Waals surface area contributed by atoms with E-state index in [1.165, 1.54) is 36.9 Å². The van der Waals surface area contributed by atoms with Crippen LogP contribution < -0.4 is 5.32 Å². The number of nitrogens with zero attached hydrogens (tertiary/aromatic N) is 2. The molecule has 2 rings (SSSR count). The summed E-state index contributed by atoms with van der Waals surface area (Å²) in [6.07, 6.45) is 7.69. The van der Waals surface area contributed by atoms with E-state index in [1.54, 1.807) is 0 Å². The molecule has 1 aliphatic carbocycles. The molecule has 102 valence electrons. The fraction of sp³-hybridized carbons (Fsp3) is 0.800. The lowest BCUT2D eigenvalue weighted by molar-refractivity contribution is 0.124. The van der Waals surface area contributed by atoms with E-state index in [-0.39, 0.29) is 0 Å². The molecule has 18 heavy (non-hydrogen) atoms. The third-order valence-electron chi connectivity index (χ3n) is 4.46.